The molecule has 6 nitrogen and oxygen atoms in total. The predicted octanol–water partition coefficient (Wildman–Crippen LogP) is 4.14. The first-order chi connectivity index (χ1) is 9.22. The molecule has 1 aromatic rings. The second-order valence-corrected chi connectivity index (χ2v) is 6.96. The minimum Gasteiger partial charge on any atom is -0.306 e. The van der Waals surface area contributed by atoms with E-state index in [-0.39, 0.29) is 24.1 Å². The molecule has 0 radical (unpaired) electrons. The van der Waals surface area contributed by atoms with Crippen LogP contribution in [0.4, 0.5) is 5.69 Å². The third-order valence-electron chi connectivity index (χ3n) is 2.27. The fraction of sp³-hybridized carbons (Fsp3) is 0.538. The first kappa shape index (κ1) is 16.8. The highest BCUT2D eigenvalue weighted by Crippen LogP contribution is 2.53. The summed E-state index contributed by atoms with van der Waals surface area (Å²) in [6, 6.07) is 5.89. The summed E-state index contributed by atoms with van der Waals surface area (Å²) in [5.74, 6) is 0. The van der Waals surface area contributed by atoms with Crippen molar-refractivity contribution < 1.29 is 18.5 Å². The summed E-state index contributed by atoms with van der Waals surface area (Å²) in [7, 11) is -3.26. The van der Waals surface area contributed by atoms with Crippen molar-refractivity contribution in [3.8, 4) is 0 Å². The highest BCUT2D eigenvalue weighted by Gasteiger charge is 2.28. The third-order valence-corrected chi connectivity index (χ3v) is 4.50. The van der Waals surface area contributed by atoms with E-state index in [1.165, 1.54) is 12.1 Å². The molecule has 1 aromatic carbocycles. The van der Waals surface area contributed by atoms with Gasteiger partial charge in [-0.3, -0.25) is 14.7 Å². The van der Waals surface area contributed by atoms with Crippen LogP contribution in [0.5, 0.6) is 0 Å². The topological polar surface area (TPSA) is 78.7 Å². The lowest BCUT2D eigenvalue weighted by atomic mass is 10.2. The van der Waals surface area contributed by atoms with Gasteiger partial charge < -0.3 is 9.05 Å². The molecule has 0 aliphatic carbocycles. The van der Waals surface area contributed by atoms with Crippen LogP contribution in [0.25, 0.3) is 0 Å². The van der Waals surface area contributed by atoms with Gasteiger partial charge >= 0.3 is 7.60 Å². The standard InChI is InChI=1S/C13H20NO5P/c1-10(2)18-20(17,19-11(3)4)9-12-5-7-13(8-6-12)14(15)16/h5-8,10-11H,9H2,1-4H3. The van der Waals surface area contributed by atoms with Gasteiger partial charge in [-0.2, -0.15) is 0 Å². The summed E-state index contributed by atoms with van der Waals surface area (Å²) in [5.41, 5.74) is 0.679. The van der Waals surface area contributed by atoms with Crippen LogP contribution in [0.15, 0.2) is 24.3 Å². The largest absolute Gasteiger partial charge is 0.335 e. The molecule has 0 aromatic heterocycles. The molecule has 0 aliphatic heterocycles. The van der Waals surface area contributed by atoms with Crippen molar-refractivity contribution in [3.05, 3.63) is 39.9 Å². The number of nitro groups is 1. The summed E-state index contributed by atoms with van der Waals surface area (Å²) < 4.78 is 23.5. The summed E-state index contributed by atoms with van der Waals surface area (Å²) in [5, 5.41) is 10.6. The molecule has 0 amide bonds. The zero-order valence-corrected chi connectivity index (χ0v) is 13.0. The van der Waals surface area contributed by atoms with Gasteiger partial charge in [0, 0.05) is 12.1 Å². The molecule has 0 bridgehead atoms. The number of rotatable bonds is 7. The average molecular weight is 301 g/mol. The van der Waals surface area contributed by atoms with Crippen LogP contribution >= 0.6 is 7.60 Å². The van der Waals surface area contributed by atoms with Crippen molar-refractivity contribution in [3.63, 3.8) is 0 Å². The minimum atomic E-state index is -3.26. The Labute approximate surface area is 118 Å². The van der Waals surface area contributed by atoms with Gasteiger partial charge in [0.15, 0.2) is 0 Å². The lowest BCUT2D eigenvalue weighted by Crippen LogP contribution is -2.09. The van der Waals surface area contributed by atoms with E-state index in [4.69, 9.17) is 9.05 Å². The van der Waals surface area contributed by atoms with Gasteiger partial charge in [0.05, 0.1) is 23.3 Å². The van der Waals surface area contributed by atoms with Gasteiger partial charge in [-0.05, 0) is 33.3 Å². The molecule has 0 spiro atoms. The van der Waals surface area contributed by atoms with Crippen LogP contribution in [0.2, 0.25) is 0 Å². The minimum absolute atomic E-state index is 0.00172. The van der Waals surface area contributed by atoms with Crippen LogP contribution in [0.1, 0.15) is 33.3 Å². The van der Waals surface area contributed by atoms with E-state index in [9.17, 15) is 14.7 Å². The zero-order valence-electron chi connectivity index (χ0n) is 12.1. The van der Waals surface area contributed by atoms with Crippen LogP contribution < -0.4 is 0 Å². The van der Waals surface area contributed by atoms with Crippen LogP contribution in [0, 0.1) is 10.1 Å². The van der Waals surface area contributed by atoms with Crippen molar-refractivity contribution in [2.45, 2.75) is 46.1 Å². The van der Waals surface area contributed by atoms with E-state index < -0.39 is 12.5 Å². The second-order valence-electron chi connectivity index (χ2n) is 5.00. The Morgan fingerprint density at radius 2 is 1.55 bits per heavy atom. The Balaban J connectivity index is 2.89. The molecule has 0 saturated carbocycles. The average Bonchev–Trinajstić information content (AvgIpc) is 2.26. The predicted molar refractivity (Wildman–Crippen MR) is 76.8 cm³/mol. The Bertz CT molecular complexity index is 484. The molecule has 0 heterocycles. The summed E-state index contributed by atoms with van der Waals surface area (Å²) >= 11 is 0. The molecule has 0 N–H and O–H groups in total. The Morgan fingerprint density at radius 1 is 1.10 bits per heavy atom. The molecule has 0 fully saturated rings. The van der Waals surface area contributed by atoms with Crippen molar-refractivity contribution in [1.82, 2.24) is 0 Å². The quantitative estimate of drug-likeness (QED) is 0.429. The van der Waals surface area contributed by atoms with Crippen LogP contribution in [0.3, 0.4) is 0 Å². The van der Waals surface area contributed by atoms with Gasteiger partial charge in [-0.15, -0.1) is 0 Å². The third kappa shape index (κ3) is 5.41. The first-order valence-electron chi connectivity index (χ1n) is 6.41. The van der Waals surface area contributed by atoms with E-state index in [0.29, 0.717) is 5.56 Å². The summed E-state index contributed by atoms with van der Waals surface area (Å²) in [4.78, 5) is 10.1. The number of nitro benzene ring substituents is 1. The van der Waals surface area contributed by atoms with E-state index in [1.54, 1.807) is 39.8 Å². The maximum absolute atomic E-state index is 12.6. The molecule has 0 atom stereocenters. The molecule has 0 unspecified atom stereocenters. The molecular weight excluding hydrogens is 281 g/mol. The van der Waals surface area contributed by atoms with Gasteiger partial charge in [0.2, 0.25) is 0 Å². The highest BCUT2D eigenvalue weighted by molar-refractivity contribution is 7.53. The maximum Gasteiger partial charge on any atom is 0.335 e. The second kappa shape index (κ2) is 6.97. The highest BCUT2D eigenvalue weighted by atomic mass is 31.2. The molecule has 0 aliphatic rings. The van der Waals surface area contributed by atoms with E-state index >= 15 is 0 Å². The fourth-order valence-electron chi connectivity index (χ4n) is 1.69. The van der Waals surface area contributed by atoms with Crippen LogP contribution in [-0.4, -0.2) is 17.1 Å². The van der Waals surface area contributed by atoms with E-state index in [0.717, 1.165) is 0 Å². The molecule has 0 saturated heterocycles. The van der Waals surface area contributed by atoms with Crippen molar-refractivity contribution >= 4 is 13.3 Å². The SMILES string of the molecule is CC(C)OP(=O)(Cc1ccc([N+](=O)[O-])cc1)OC(C)C. The lowest BCUT2D eigenvalue weighted by Gasteiger charge is -2.22. The van der Waals surface area contributed by atoms with Crippen molar-refractivity contribution in [2.24, 2.45) is 0 Å². The Hall–Kier alpha value is -1.23. The number of nitrogens with zero attached hydrogens (tertiary/aromatic N) is 1. The lowest BCUT2D eigenvalue weighted by molar-refractivity contribution is -0.384. The van der Waals surface area contributed by atoms with E-state index in [1.807, 2.05) is 0 Å². The van der Waals surface area contributed by atoms with Gasteiger partial charge in [0.1, 0.15) is 0 Å². The molecule has 1 rings (SSSR count). The van der Waals surface area contributed by atoms with Crippen molar-refractivity contribution in [1.29, 1.82) is 0 Å². The Kier molecular flexibility index (Phi) is 5.87. The maximum atomic E-state index is 12.6. The van der Waals surface area contributed by atoms with E-state index in [2.05, 4.69) is 0 Å². The number of hydrogen-bond acceptors (Lipinski definition) is 5. The van der Waals surface area contributed by atoms with Gasteiger partial charge in [0.25, 0.3) is 5.69 Å². The monoisotopic (exact) mass is 301 g/mol. The van der Waals surface area contributed by atoms with Crippen molar-refractivity contribution in [2.75, 3.05) is 0 Å². The molecular formula is C13H20NO5P. The molecule has 112 valence electrons. The number of hydrogen-bond donors (Lipinski definition) is 0. The van der Waals surface area contributed by atoms with Gasteiger partial charge in [-0.25, -0.2) is 0 Å². The first-order valence-corrected chi connectivity index (χ1v) is 8.14. The summed E-state index contributed by atoms with van der Waals surface area (Å²) in [6.07, 6.45) is -0.350. The molecule has 7 heteroatoms. The van der Waals surface area contributed by atoms with Crippen LogP contribution in [-0.2, 0) is 19.8 Å². The number of non-ortho nitro benzene ring substituents is 1. The normalized spacial score (nSPS) is 12.1. The number of benzene rings is 1. The zero-order chi connectivity index (χ0) is 15.3. The smallest absolute Gasteiger partial charge is 0.306 e. The van der Waals surface area contributed by atoms with Gasteiger partial charge in [-0.1, -0.05) is 12.1 Å². The fourth-order valence-corrected chi connectivity index (χ4v) is 3.83. The summed E-state index contributed by atoms with van der Waals surface area (Å²) in [6.45, 7) is 7.14. The Morgan fingerprint density at radius 3 is 1.90 bits per heavy atom. The molecule has 20 heavy (non-hydrogen) atoms.